The van der Waals surface area contributed by atoms with Gasteiger partial charge in [-0.1, -0.05) is 56.4 Å². The second-order valence-corrected chi connectivity index (χ2v) is 11.1. The van der Waals surface area contributed by atoms with Crippen LogP contribution in [0.15, 0.2) is 34.0 Å². The van der Waals surface area contributed by atoms with Crippen molar-refractivity contribution in [2.45, 2.75) is 46.6 Å². The fraction of sp³-hybridized carbons (Fsp3) is 0.429. The number of amides is 1. The summed E-state index contributed by atoms with van der Waals surface area (Å²) in [5, 5.41) is 9.86. The van der Waals surface area contributed by atoms with Crippen LogP contribution < -0.4 is 15.4 Å². The maximum absolute atomic E-state index is 14.4. The molecule has 2 fully saturated rings. The summed E-state index contributed by atoms with van der Waals surface area (Å²) in [6.07, 6.45) is 4.31. The van der Waals surface area contributed by atoms with Crippen LogP contribution in [-0.2, 0) is 11.3 Å². The molecule has 0 bridgehead atoms. The molecule has 4 rings (SSSR count). The minimum atomic E-state index is -0.328. The van der Waals surface area contributed by atoms with Crippen molar-refractivity contribution in [3.63, 3.8) is 0 Å². The number of hydrogen-bond acceptors (Lipinski definition) is 7. The second-order valence-electron chi connectivity index (χ2n) is 9.42. The van der Waals surface area contributed by atoms with Gasteiger partial charge >= 0.3 is 0 Å². The zero-order valence-electron chi connectivity index (χ0n) is 22.0. The molecule has 2 aromatic rings. The lowest BCUT2D eigenvalue weighted by molar-refractivity contribution is -0.122. The monoisotopic (exact) mass is 553 g/mol. The summed E-state index contributed by atoms with van der Waals surface area (Å²) >= 11 is 6.75. The Balaban J connectivity index is 1.78. The van der Waals surface area contributed by atoms with Crippen LogP contribution in [0, 0.1) is 24.1 Å². The average molecular weight is 554 g/mol. The number of benzene rings is 1. The van der Waals surface area contributed by atoms with Crippen LogP contribution in [0.4, 0.5) is 15.9 Å². The van der Waals surface area contributed by atoms with Gasteiger partial charge in [0.1, 0.15) is 27.6 Å². The first-order valence-corrected chi connectivity index (χ1v) is 14.2. The van der Waals surface area contributed by atoms with Gasteiger partial charge in [0.15, 0.2) is 0 Å². The Morgan fingerprint density at radius 2 is 1.76 bits per heavy atom. The molecule has 38 heavy (non-hydrogen) atoms. The van der Waals surface area contributed by atoms with E-state index in [0.717, 1.165) is 12.8 Å². The average Bonchev–Trinajstić information content (AvgIpc) is 3.18. The molecule has 0 N–H and O–H groups in total. The standard InChI is InChI=1S/C28H32FN5O2S2/c1-4-6-12-34-27(36)24(38-28(34)37)17-20-19(3)21(18-30)26(35)33(11-5-2)25(20)32-15-13-31(14-16-32)23-10-8-7-9-22(23)29/h7-10,17H,4-6,11-16H2,1-3H3/b24-17+. The number of halogens is 1. The summed E-state index contributed by atoms with van der Waals surface area (Å²) < 4.78 is 16.6. The quantitative estimate of drug-likeness (QED) is 0.340. The van der Waals surface area contributed by atoms with E-state index in [2.05, 4.69) is 17.9 Å². The van der Waals surface area contributed by atoms with Gasteiger partial charge in [0.25, 0.3) is 11.5 Å². The SMILES string of the molecule is CCCCN1C(=O)/C(=C\c2c(C)c(C#N)c(=O)n(CCC)c2N2CCN(c3ccccc3F)CC2)SC1=S. The van der Waals surface area contributed by atoms with Crippen LogP contribution in [-0.4, -0.2) is 52.4 Å². The molecule has 0 atom stereocenters. The van der Waals surface area contributed by atoms with Gasteiger partial charge in [0.05, 0.1) is 10.6 Å². The number of nitriles is 1. The van der Waals surface area contributed by atoms with E-state index in [9.17, 15) is 19.2 Å². The van der Waals surface area contributed by atoms with E-state index < -0.39 is 0 Å². The molecule has 1 aromatic carbocycles. The summed E-state index contributed by atoms with van der Waals surface area (Å²) in [7, 11) is 0. The van der Waals surface area contributed by atoms with Gasteiger partial charge in [-0.15, -0.1) is 0 Å². The highest BCUT2D eigenvalue weighted by atomic mass is 32.2. The molecule has 0 aliphatic carbocycles. The fourth-order valence-corrected chi connectivity index (χ4v) is 6.21. The van der Waals surface area contributed by atoms with E-state index in [1.165, 1.54) is 17.8 Å². The van der Waals surface area contributed by atoms with Gasteiger partial charge in [0, 0.05) is 44.8 Å². The van der Waals surface area contributed by atoms with Crippen molar-refractivity contribution in [1.82, 2.24) is 9.47 Å². The molecular weight excluding hydrogens is 521 g/mol. The normalized spacial score (nSPS) is 17.0. The van der Waals surface area contributed by atoms with Crippen molar-refractivity contribution in [1.29, 1.82) is 5.26 Å². The number of thiocarbonyl (C=S) groups is 1. The first-order valence-electron chi connectivity index (χ1n) is 13.0. The van der Waals surface area contributed by atoms with Gasteiger partial charge in [-0.3, -0.25) is 19.1 Å². The summed E-state index contributed by atoms with van der Waals surface area (Å²) in [6, 6.07) is 8.82. The zero-order chi connectivity index (χ0) is 27.4. The van der Waals surface area contributed by atoms with Crippen molar-refractivity contribution in [2.24, 2.45) is 0 Å². The number of thioether (sulfide) groups is 1. The van der Waals surface area contributed by atoms with Crippen molar-refractivity contribution in [3.05, 3.63) is 62.0 Å². The minimum absolute atomic E-state index is 0.0832. The number of hydrogen-bond donors (Lipinski definition) is 0. The lowest BCUT2D eigenvalue weighted by Gasteiger charge is -2.39. The van der Waals surface area contributed by atoms with E-state index >= 15 is 0 Å². The smallest absolute Gasteiger partial charge is 0.270 e. The summed E-state index contributed by atoms with van der Waals surface area (Å²) in [4.78, 5) is 32.9. The van der Waals surface area contributed by atoms with Crippen molar-refractivity contribution < 1.29 is 9.18 Å². The fourth-order valence-electron chi connectivity index (χ4n) is 4.92. The maximum Gasteiger partial charge on any atom is 0.270 e. The number of carbonyl (C=O) groups is 1. The molecule has 200 valence electrons. The Morgan fingerprint density at radius 1 is 1.08 bits per heavy atom. The van der Waals surface area contributed by atoms with E-state index in [0.29, 0.717) is 77.5 Å². The third-order valence-corrected chi connectivity index (χ3v) is 8.33. The number of carbonyl (C=O) groups excluding carboxylic acids is 1. The van der Waals surface area contributed by atoms with Crippen LogP contribution in [0.25, 0.3) is 6.08 Å². The molecule has 0 saturated carbocycles. The number of unbranched alkanes of at least 4 members (excludes halogenated alkanes) is 1. The number of piperazine rings is 1. The Morgan fingerprint density at radius 3 is 2.39 bits per heavy atom. The molecule has 2 saturated heterocycles. The first-order chi connectivity index (χ1) is 18.3. The minimum Gasteiger partial charge on any atom is -0.366 e. The number of anilines is 2. The van der Waals surface area contributed by atoms with Gasteiger partial charge in [-0.2, -0.15) is 5.26 Å². The van der Waals surface area contributed by atoms with Gasteiger partial charge in [0.2, 0.25) is 0 Å². The third-order valence-electron chi connectivity index (χ3n) is 6.95. The molecule has 0 unspecified atom stereocenters. The van der Waals surface area contributed by atoms with Crippen molar-refractivity contribution in [3.8, 4) is 6.07 Å². The maximum atomic E-state index is 14.4. The Bertz CT molecular complexity index is 1370. The van der Waals surface area contributed by atoms with E-state index in [4.69, 9.17) is 12.2 Å². The molecule has 0 radical (unpaired) electrons. The number of para-hydroxylation sites is 1. The molecule has 7 nitrogen and oxygen atoms in total. The lowest BCUT2D eigenvalue weighted by Crippen LogP contribution is -2.49. The zero-order valence-corrected chi connectivity index (χ0v) is 23.6. The van der Waals surface area contributed by atoms with Crippen LogP contribution >= 0.6 is 24.0 Å². The topological polar surface area (TPSA) is 72.6 Å². The second kappa shape index (κ2) is 12.1. The predicted octanol–water partition coefficient (Wildman–Crippen LogP) is 4.91. The Hall–Kier alpha value is -3.16. The van der Waals surface area contributed by atoms with Gasteiger partial charge in [-0.25, -0.2) is 4.39 Å². The summed E-state index contributed by atoms with van der Waals surface area (Å²) in [5.41, 5.74) is 1.55. The first kappa shape index (κ1) is 27.9. The van der Waals surface area contributed by atoms with Crippen LogP contribution in [0.2, 0.25) is 0 Å². The van der Waals surface area contributed by atoms with E-state index in [1.807, 2.05) is 17.9 Å². The number of rotatable bonds is 8. The van der Waals surface area contributed by atoms with E-state index in [1.54, 1.807) is 34.6 Å². The lowest BCUT2D eigenvalue weighted by atomic mass is 10.0. The van der Waals surface area contributed by atoms with Crippen molar-refractivity contribution in [2.75, 3.05) is 42.5 Å². The van der Waals surface area contributed by atoms with Crippen LogP contribution in [0.5, 0.6) is 0 Å². The highest BCUT2D eigenvalue weighted by molar-refractivity contribution is 8.26. The molecule has 0 spiro atoms. The molecule has 2 aliphatic heterocycles. The number of pyridine rings is 1. The third kappa shape index (κ3) is 5.36. The van der Waals surface area contributed by atoms with Crippen LogP contribution in [0.3, 0.4) is 0 Å². The summed E-state index contributed by atoms with van der Waals surface area (Å²) in [6.45, 7) is 9.07. The van der Waals surface area contributed by atoms with Crippen molar-refractivity contribution >= 4 is 51.8 Å². The van der Waals surface area contributed by atoms with Gasteiger partial charge in [-0.05, 0) is 43.5 Å². The van der Waals surface area contributed by atoms with Gasteiger partial charge < -0.3 is 9.80 Å². The molecular formula is C28H32FN5O2S2. The molecule has 10 heteroatoms. The predicted molar refractivity (Wildman–Crippen MR) is 156 cm³/mol. The highest BCUT2D eigenvalue weighted by Gasteiger charge is 2.33. The largest absolute Gasteiger partial charge is 0.366 e. The van der Waals surface area contributed by atoms with Crippen LogP contribution in [0.1, 0.15) is 49.8 Å². The number of aromatic nitrogens is 1. The van der Waals surface area contributed by atoms with E-state index in [-0.39, 0.29) is 22.8 Å². The highest BCUT2D eigenvalue weighted by Crippen LogP contribution is 2.36. The molecule has 2 aliphatic rings. The number of nitrogens with zero attached hydrogens (tertiary/aromatic N) is 5. The molecule has 1 amide bonds. The Labute approximate surface area is 232 Å². The Kier molecular flexibility index (Phi) is 8.90. The molecule has 1 aromatic heterocycles. The molecule has 3 heterocycles. The summed E-state index contributed by atoms with van der Waals surface area (Å²) in [5.74, 6) is 0.291.